The fraction of sp³-hybridized carbons (Fsp3) is 0.176. The lowest BCUT2D eigenvalue weighted by Gasteiger charge is -2.11. The Kier molecular flexibility index (Phi) is 7.43. The van der Waals surface area contributed by atoms with Gasteiger partial charge in [-0.2, -0.15) is 5.10 Å². The van der Waals surface area contributed by atoms with Crippen LogP contribution < -0.4 is 15.5 Å². The third-order valence-corrected chi connectivity index (χ3v) is 3.86. The number of thiocarbonyl (C=S) groups is 1. The van der Waals surface area contributed by atoms with Crippen LogP contribution in [0.25, 0.3) is 0 Å². The van der Waals surface area contributed by atoms with Crippen molar-refractivity contribution in [3.05, 3.63) is 63.4 Å². The highest BCUT2D eigenvalue weighted by atomic mass is 35.5. The molecule has 0 aromatic heterocycles. The predicted octanol–water partition coefficient (Wildman–Crippen LogP) is 4.53. The number of halogens is 3. The van der Waals surface area contributed by atoms with E-state index in [1.165, 1.54) is 12.3 Å². The molecule has 0 aliphatic carbocycles. The van der Waals surface area contributed by atoms with Gasteiger partial charge in [0.1, 0.15) is 12.4 Å². The fourth-order valence-electron chi connectivity index (χ4n) is 1.92. The Morgan fingerprint density at radius 2 is 1.96 bits per heavy atom. The third-order valence-electron chi connectivity index (χ3n) is 3.07. The lowest BCUT2D eigenvalue weighted by molar-refractivity contribution is 0.300. The minimum absolute atomic E-state index is 0.0259. The van der Waals surface area contributed by atoms with Crippen LogP contribution in [0.1, 0.15) is 18.1 Å². The number of rotatable bonds is 6. The molecule has 0 aliphatic rings. The van der Waals surface area contributed by atoms with Gasteiger partial charge in [0.25, 0.3) is 0 Å². The summed E-state index contributed by atoms with van der Waals surface area (Å²) in [6.45, 7) is 2.66. The van der Waals surface area contributed by atoms with Crippen LogP contribution in [0.4, 0.5) is 4.39 Å². The molecular weight excluding hydrogens is 384 g/mol. The summed E-state index contributed by atoms with van der Waals surface area (Å²) in [5, 5.41) is 7.92. The van der Waals surface area contributed by atoms with Gasteiger partial charge in [-0.15, -0.1) is 0 Å². The second-order valence-electron chi connectivity index (χ2n) is 4.92. The van der Waals surface area contributed by atoms with Crippen molar-refractivity contribution < 1.29 is 9.13 Å². The van der Waals surface area contributed by atoms with Gasteiger partial charge in [0, 0.05) is 12.1 Å². The summed E-state index contributed by atoms with van der Waals surface area (Å²) < 4.78 is 19.2. The van der Waals surface area contributed by atoms with E-state index in [0.29, 0.717) is 38.6 Å². The first kappa shape index (κ1) is 19.4. The van der Waals surface area contributed by atoms with E-state index in [0.717, 1.165) is 0 Å². The Morgan fingerprint density at radius 3 is 2.60 bits per heavy atom. The second kappa shape index (κ2) is 9.56. The van der Waals surface area contributed by atoms with Crippen molar-refractivity contribution >= 4 is 46.7 Å². The van der Waals surface area contributed by atoms with Gasteiger partial charge >= 0.3 is 0 Å². The van der Waals surface area contributed by atoms with E-state index >= 15 is 0 Å². The topological polar surface area (TPSA) is 45.7 Å². The summed E-state index contributed by atoms with van der Waals surface area (Å²) in [7, 11) is 0. The molecule has 2 N–H and O–H groups in total. The van der Waals surface area contributed by atoms with E-state index in [-0.39, 0.29) is 12.4 Å². The van der Waals surface area contributed by atoms with Gasteiger partial charge in [-0.1, -0.05) is 41.4 Å². The lowest BCUT2D eigenvalue weighted by atomic mass is 10.2. The minimum atomic E-state index is -0.346. The van der Waals surface area contributed by atoms with Gasteiger partial charge in [0.15, 0.2) is 10.9 Å². The van der Waals surface area contributed by atoms with Crippen molar-refractivity contribution in [1.82, 2.24) is 10.7 Å². The fourth-order valence-corrected chi connectivity index (χ4v) is 2.73. The first-order valence-corrected chi connectivity index (χ1v) is 8.59. The molecule has 0 heterocycles. The van der Waals surface area contributed by atoms with E-state index in [1.807, 2.05) is 6.92 Å². The average molecular weight is 400 g/mol. The molecule has 0 radical (unpaired) electrons. The first-order valence-electron chi connectivity index (χ1n) is 7.43. The van der Waals surface area contributed by atoms with Crippen LogP contribution in [0.3, 0.4) is 0 Å². The highest BCUT2D eigenvalue weighted by molar-refractivity contribution is 7.80. The summed E-state index contributed by atoms with van der Waals surface area (Å²) >= 11 is 17.4. The first-order chi connectivity index (χ1) is 12.0. The van der Waals surface area contributed by atoms with E-state index in [9.17, 15) is 4.39 Å². The van der Waals surface area contributed by atoms with Gasteiger partial charge in [-0.25, -0.2) is 4.39 Å². The number of hydrogen-bond donors (Lipinski definition) is 2. The molecule has 0 spiro atoms. The van der Waals surface area contributed by atoms with Crippen molar-refractivity contribution in [3.8, 4) is 5.75 Å². The highest BCUT2D eigenvalue weighted by Crippen LogP contribution is 2.34. The van der Waals surface area contributed by atoms with Gasteiger partial charge in [0.2, 0.25) is 0 Å². The van der Waals surface area contributed by atoms with Crippen LogP contribution >= 0.6 is 35.4 Å². The van der Waals surface area contributed by atoms with E-state index in [2.05, 4.69) is 15.8 Å². The molecule has 0 bridgehead atoms. The molecule has 25 heavy (non-hydrogen) atoms. The Labute approximate surface area is 161 Å². The quantitative estimate of drug-likeness (QED) is 0.425. The third kappa shape index (κ3) is 5.85. The summed E-state index contributed by atoms with van der Waals surface area (Å²) in [6.07, 6.45) is 1.53. The van der Waals surface area contributed by atoms with Crippen molar-refractivity contribution in [2.24, 2.45) is 5.10 Å². The lowest BCUT2D eigenvalue weighted by Crippen LogP contribution is -2.31. The smallest absolute Gasteiger partial charge is 0.186 e. The maximum atomic E-state index is 13.6. The standard InChI is InChI=1S/C17H16Cl2FN3OS/c1-2-21-17(25)23-22-9-11-7-13(18)16(14(19)8-11)24-10-12-5-3-4-6-15(12)20/h3-9H,2,10H2,1H3,(H2,21,23,25)/b22-9-. The maximum Gasteiger partial charge on any atom is 0.186 e. The molecule has 0 saturated carbocycles. The minimum Gasteiger partial charge on any atom is -0.486 e. The number of hydrogen-bond acceptors (Lipinski definition) is 3. The number of benzene rings is 2. The van der Waals surface area contributed by atoms with Crippen LogP contribution in [0, 0.1) is 5.82 Å². The normalized spacial score (nSPS) is 10.7. The number of hydrazone groups is 1. The average Bonchev–Trinajstić information content (AvgIpc) is 2.56. The molecule has 2 rings (SSSR count). The second-order valence-corrected chi connectivity index (χ2v) is 6.15. The van der Waals surface area contributed by atoms with Crippen molar-refractivity contribution in [2.45, 2.75) is 13.5 Å². The monoisotopic (exact) mass is 399 g/mol. The summed E-state index contributed by atoms with van der Waals surface area (Å²) in [5.41, 5.74) is 3.75. The maximum absolute atomic E-state index is 13.6. The molecule has 2 aromatic rings. The molecule has 2 aromatic carbocycles. The SMILES string of the molecule is CCNC(=S)N/N=C\c1cc(Cl)c(OCc2ccccc2F)c(Cl)c1. The summed E-state index contributed by atoms with van der Waals surface area (Å²) in [6, 6.07) is 9.64. The van der Waals surface area contributed by atoms with Crippen LogP contribution in [0.15, 0.2) is 41.5 Å². The zero-order valence-corrected chi connectivity index (χ0v) is 15.7. The van der Waals surface area contributed by atoms with Crippen LogP contribution in [0.2, 0.25) is 10.0 Å². The molecule has 0 amide bonds. The van der Waals surface area contributed by atoms with Gasteiger partial charge < -0.3 is 10.1 Å². The number of nitrogens with zero attached hydrogens (tertiary/aromatic N) is 1. The van der Waals surface area contributed by atoms with Crippen molar-refractivity contribution in [2.75, 3.05) is 6.54 Å². The van der Waals surface area contributed by atoms with Gasteiger partial charge in [-0.3, -0.25) is 5.43 Å². The van der Waals surface area contributed by atoms with Crippen LogP contribution in [-0.2, 0) is 6.61 Å². The number of nitrogens with one attached hydrogen (secondary N) is 2. The zero-order chi connectivity index (χ0) is 18.2. The van der Waals surface area contributed by atoms with Gasteiger partial charge in [0.05, 0.1) is 16.3 Å². The molecule has 0 fully saturated rings. The molecule has 0 saturated heterocycles. The Hall–Kier alpha value is -1.89. The largest absolute Gasteiger partial charge is 0.486 e. The Balaban J connectivity index is 2.05. The zero-order valence-electron chi connectivity index (χ0n) is 13.4. The molecule has 132 valence electrons. The van der Waals surface area contributed by atoms with Crippen LogP contribution in [-0.4, -0.2) is 17.9 Å². The molecule has 8 heteroatoms. The highest BCUT2D eigenvalue weighted by Gasteiger charge is 2.11. The molecule has 0 unspecified atom stereocenters. The van der Waals surface area contributed by atoms with E-state index < -0.39 is 0 Å². The molecule has 4 nitrogen and oxygen atoms in total. The van der Waals surface area contributed by atoms with Crippen LogP contribution in [0.5, 0.6) is 5.75 Å². The molecule has 0 aliphatic heterocycles. The molecular formula is C17H16Cl2FN3OS. The molecule has 0 atom stereocenters. The van der Waals surface area contributed by atoms with Crippen molar-refractivity contribution in [1.29, 1.82) is 0 Å². The summed E-state index contributed by atoms with van der Waals surface area (Å²) in [4.78, 5) is 0. The van der Waals surface area contributed by atoms with Crippen molar-refractivity contribution in [3.63, 3.8) is 0 Å². The van der Waals surface area contributed by atoms with E-state index in [4.69, 9.17) is 40.2 Å². The Morgan fingerprint density at radius 1 is 1.28 bits per heavy atom. The number of ether oxygens (including phenoxy) is 1. The predicted molar refractivity (Wildman–Crippen MR) is 104 cm³/mol. The Bertz CT molecular complexity index is 763. The summed E-state index contributed by atoms with van der Waals surface area (Å²) in [5.74, 6) is -0.0545. The van der Waals surface area contributed by atoms with E-state index in [1.54, 1.807) is 30.3 Å². The van der Waals surface area contributed by atoms with Gasteiger partial charge in [-0.05, 0) is 42.9 Å².